The molecule has 0 spiro atoms. The van der Waals surface area contributed by atoms with Crippen molar-refractivity contribution in [3.63, 3.8) is 0 Å². The van der Waals surface area contributed by atoms with Gasteiger partial charge in [0.25, 0.3) is 0 Å². The molecule has 3 rings (SSSR count). The van der Waals surface area contributed by atoms with Crippen molar-refractivity contribution in [3.8, 4) is 11.5 Å². The summed E-state index contributed by atoms with van der Waals surface area (Å²) in [5, 5.41) is 1.89. The number of imidazole rings is 1. The molecular formula is C21H23N3O4S. The fraction of sp³-hybridized carbons (Fsp3) is 0.286. The van der Waals surface area contributed by atoms with Gasteiger partial charge in [0, 0.05) is 13.1 Å². The summed E-state index contributed by atoms with van der Waals surface area (Å²) in [6.45, 7) is 0.335. The van der Waals surface area contributed by atoms with Gasteiger partial charge in [-0.3, -0.25) is 14.9 Å². The maximum atomic E-state index is 11.8. The van der Waals surface area contributed by atoms with Crippen molar-refractivity contribution < 1.29 is 19.1 Å². The van der Waals surface area contributed by atoms with Crippen molar-refractivity contribution in [1.29, 1.82) is 0 Å². The number of carbonyl (C=O) groups is 2. The van der Waals surface area contributed by atoms with Crippen LogP contribution in [0.4, 0.5) is 0 Å². The number of thioether (sulfide) groups is 1. The average Bonchev–Trinajstić information content (AvgIpc) is 3.06. The Kier molecular flexibility index (Phi) is 6.77. The molecule has 7 nitrogen and oxygen atoms in total. The predicted octanol–water partition coefficient (Wildman–Crippen LogP) is 2.71. The molecule has 29 heavy (non-hydrogen) atoms. The van der Waals surface area contributed by atoms with E-state index in [1.165, 1.54) is 11.8 Å². The number of hydrogen-bond donors (Lipinski definition) is 1. The van der Waals surface area contributed by atoms with Crippen LogP contribution in [0, 0.1) is 0 Å². The van der Waals surface area contributed by atoms with Gasteiger partial charge in [-0.05, 0) is 42.5 Å². The van der Waals surface area contributed by atoms with Gasteiger partial charge in [0.05, 0.1) is 23.4 Å². The monoisotopic (exact) mass is 413 g/mol. The topological polar surface area (TPSA) is 82.5 Å². The minimum absolute atomic E-state index is 0.286. The second kappa shape index (κ2) is 9.47. The first kappa shape index (κ1) is 20.7. The van der Waals surface area contributed by atoms with Crippen LogP contribution in [0.25, 0.3) is 11.0 Å². The molecule has 3 aromatic rings. The largest absolute Gasteiger partial charge is 0.497 e. The van der Waals surface area contributed by atoms with Gasteiger partial charge < -0.3 is 14.0 Å². The first-order valence-corrected chi connectivity index (χ1v) is 10.3. The quantitative estimate of drug-likeness (QED) is 0.543. The smallest absolute Gasteiger partial charge is 0.239 e. The van der Waals surface area contributed by atoms with E-state index in [4.69, 9.17) is 9.47 Å². The lowest BCUT2D eigenvalue weighted by Gasteiger charge is -2.13. The number of aryl methyl sites for hydroxylation is 1. The Morgan fingerprint density at radius 1 is 1.24 bits per heavy atom. The van der Waals surface area contributed by atoms with Gasteiger partial charge in [-0.1, -0.05) is 12.1 Å². The maximum absolute atomic E-state index is 11.8. The Morgan fingerprint density at radius 3 is 2.62 bits per heavy atom. The lowest BCUT2D eigenvalue weighted by Crippen LogP contribution is -2.32. The lowest BCUT2D eigenvalue weighted by molar-refractivity contribution is -0.124. The third-order valence-corrected chi connectivity index (χ3v) is 5.62. The molecule has 1 heterocycles. The second-order valence-corrected chi connectivity index (χ2v) is 7.47. The fourth-order valence-electron chi connectivity index (χ4n) is 2.99. The van der Waals surface area contributed by atoms with Crippen LogP contribution >= 0.6 is 11.8 Å². The van der Waals surface area contributed by atoms with Crippen LogP contribution in [0.3, 0.4) is 0 Å². The van der Waals surface area contributed by atoms with E-state index < -0.39 is 0 Å². The number of carbonyl (C=O) groups excluding carboxylic acids is 2. The third-order valence-electron chi connectivity index (χ3n) is 4.67. The van der Waals surface area contributed by atoms with E-state index in [-0.39, 0.29) is 11.2 Å². The number of hydrogen-bond acceptors (Lipinski definition) is 6. The average molecular weight is 413 g/mol. The number of methoxy groups -OCH3 is 1. The van der Waals surface area contributed by atoms with Gasteiger partial charge in [0.2, 0.25) is 12.3 Å². The summed E-state index contributed by atoms with van der Waals surface area (Å²) >= 11 is 1.41. The highest BCUT2D eigenvalue weighted by atomic mass is 32.2. The Morgan fingerprint density at radius 2 is 1.97 bits per heavy atom. The Balaban J connectivity index is 1.64. The van der Waals surface area contributed by atoms with Crippen molar-refractivity contribution in [3.05, 3.63) is 53.9 Å². The molecule has 1 aromatic heterocycles. The molecule has 0 radical (unpaired) electrons. The molecule has 152 valence electrons. The molecule has 0 aliphatic carbocycles. The van der Waals surface area contributed by atoms with Crippen molar-refractivity contribution >= 4 is 35.1 Å². The van der Waals surface area contributed by atoms with Crippen LogP contribution in [0.2, 0.25) is 0 Å². The molecule has 1 N–H and O–H groups in total. The van der Waals surface area contributed by atoms with Crippen LogP contribution < -0.4 is 14.8 Å². The highest BCUT2D eigenvalue weighted by molar-refractivity contribution is 7.99. The Bertz CT molecular complexity index is 1000. The number of amides is 2. The predicted molar refractivity (Wildman–Crippen MR) is 113 cm³/mol. The van der Waals surface area contributed by atoms with Crippen LogP contribution in [-0.4, -0.2) is 40.5 Å². The highest BCUT2D eigenvalue weighted by Gasteiger charge is 2.17. The van der Waals surface area contributed by atoms with Crippen LogP contribution in [-0.2, 0) is 29.7 Å². The number of ether oxygens (including phenoxy) is 2. The van der Waals surface area contributed by atoms with Crippen molar-refractivity contribution in [2.45, 2.75) is 18.3 Å². The van der Waals surface area contributed by atoms with E-state index in [0.29, 0.717) is 19.4 Å². The van der Waals surface area contributed by atoms with Crippen molar-refractivity contribution in [2.75, 3.05) is 13.4 Å². The van der Waals surface area contributed by atoms with Gasteiger partial charge in [0.15, 0.2) is 0 Å². The molecule has 0 aliphatic rings. The van der Waals surface area contributed by atoms with E-state index >= 15 is 0 Å². The van der Waals surface area contributed by atoms with Gasteiger partial charge in [-0.15, -0.1) is 0 Å². The molecule has 8 heteroatoms. The van der Waals surface area contributed by atoms with Gasteiger partial charge in [0.1, 0.15) is 23.9 Å². The zero-order valence-corrected chi connectivity index (χ0v) is 17.4. The molecular weight excluding hydrogens is 390 g/mol. The maximum Gasteiger partial charge on any atom is 0.239 e. The number of benzene rings is 2. The van der Waals surface area contributed by atoms with Crippen LogP contribution in [0.1, 0.15) is 11.4 Å². The standard InChI is InChI=1S/C21H23N3O4S/c1-24-18-11-16(27-2)8-9-17(18)23-20(24)12-28-15-6-4-14(5-7-15)10-19(29-3)21(26)22-13-25/h4-9,11,13,19H,10,12H2,1-3H3,(H,22,25,26). The van der Waals surface area contributed by atoms with Crippen molar-refractivity contribution in [1.82, 2.24) is 14.9 Å². The molecule has 0 bridgehead atoms. The molecule has 2 aromatic carbocycles. The number of imide groups is 1. The first-order valence-electron chi connectivity index (χ1n) is 9.03. The number of nitrogens with one attached hydrogen (secondary N) is 1. The van der Waals surface area contributed by atoms with Crippen LogP contribution in [0.15, 0.2) is 42.5 Å². The summed E-state index contributed by atoms with van der Waals surface area (Å²) < 4.78 is 13.1. The zero-order chi connectivity index (χ0) is 20.8. The van der Waals surface area contributed by atoms with Crippen LogP contribution in [0.5, 0.6) is 11.5 Å². The van der Waals surface area contributed by atoms with E-state index in [9.17, 15) is 9.59 Å². The molecule has 0 fully saturated rings. The molecule has 1 atom stereocenters. The number of fused-ring (bicyclic) bond motifs is 1. The number of rotatable bonds is 9. The number of aromatic nitrogens is 2. The normalized spacial score (nSPS) is 11.8. The second-order valence-electron chi connectivity index (χ2n) is 6.43. The number of nitrogens with zero attached hydrogens (tertiary/aromatic N) is 2. The van der Waals surface area contributed by atoms with E-state index in [2.05, 4.69) is 10.3 Å². The molecule has 0 saturated carbocycles. The fourth-order valence-corrected chi connectivity index (χ4v) is 3.63. The summed E-state index contributed by atoms with van der Waals surface area (Å²) in [7, 11) is 3.59. The molecule has 0 aliphatic heterocycles. The summed E-state index contributed by atoms with van der Waals surface area (Å²) in [4.78, 5) is 26.9. The van der Waals surface area contributed by atoms with E-state index in [1.807, 2.05) is 60.3 Å². The zero-order valence-electron chi connectivity index (χ0n) is 16.5. The molecule has 0 saturated heterocycles. The Labute approximate surface area is 173 Å². The molecule has 1 unspecified atom stereocenters. The van der Waals surface area contributed by atoms with Gasteiger partial charge in [-0.25, -0.2) is 4.98 Å². The van der Waals surface area contributed by atoms with Gasteiger partial charge >= 0.3 is 0 Å². The highest BCUT2D eigenvalue weighted by Crippen LogP contribution is 2.22. The molecule has 2 amide bonds. The first-order chi connectivity index (χ1) is 14.0. The minimum atomic E-state index is -0.316. The van der Waals surface area contributed by atoms with E-state index in [1.54, 1.807) is 7.11 Å². The summed E-state index contributed by atoms with van der Waals surface area (Å²) in [6.07, 6.45) is 2.80. The lowest BCUT2D eigenvalue weighted by atomic mass is 10.1. The van der Waals surface area contributed by atoms with Crippen molar-refractivity contribution in [2.24, 2.45) is 7.05 Å². The minimum Gasteiger partial charge on any atom is -0.497 e. The summed E-state index contributed by atoms with van der Waals surface area (Å²) in [5.74, 6) is 2.03. The summed E-state index contributed by atoms with van der Waals surface area (Å²) in [6, 6.07) is 13.3. The van der Waals surface area contributed by atoms with E-state index in [0.717, 1.165) is 33.9 Å². The summed E-state index contributed by atoms with van der Waals surface area (Å²) in [5.41, 5.74) is 2.86. The SMILES string of the molecule is COc1ccc2nc(COc3ccc(CC(SC)C(=O)NC=O)cc3)n(C)c2c1. The Hall–Kier alpha value is -3.00. The van der Waals surface area contributed by atoms with Gasteiger partial charge in [-0.2, -0.15) is 11.8 Å². The third kappa shape index (κ3) is 4.89.